The molecule has 0 aliphatic rings. The number of carbonyl (C=O) groups is 2. The van der Waals surface area contributed by atoms with Crippen molar-refractivity contribution in [1.29, 1.82) is 0 Å². The van der Waals surface area contributed by atoms with E-state index in [1.54, 1.807) is 24.3 Å². The fraction of sp³-hybridized carbons (Fsp3) is 0.429. The van der Waals surface area contributed by atoms with Crippen molar-refractivity contribution in [2.45, 2.75) is 26.3 Å². The smallest absolute Gasteiger partial charge is 0.325 e. The summed E-state index contributed by atoms with van der Waals surface area (Å²) in [7, 11) is 0. The number of ether oxygens (including phenoxy) is 2. The Morgan fingerprint density at radius 2 is 1.75 bits per heavy atom. The molecule has 1 amide bonds. The molecule has 0 radical (unpaired) electrons. The van der Waals surface area contributed by atoms with Crippen molar-refractivity contribution in [2.24, 2.45) is 0 Å². The van der Waals surface area contributed by atoms with Gasteiger partial charge < -0.3 is 19.9 Å². The monoisotopic (exact) mass is 281 g/mol. The second kappa shape index (κ2) is 8.04. The van der Waals surface area contributed by atoms with E-state index in [-0.39, 0.29) is 6.61 Å². The van der Waals surface area contributed by atoms with Crippen LogP contribution in [-0.2, 0) is 9.59 Å². The van der Waals surface area contributed by atoms with Crippen LogP contribution in [-0.4, -0.2) is 36.2 Å². The van der Waals surface area contributed by atoms with Gasteiger partial charge in [-0.1, -0.05) is 6.92 Å². The highest BCUT2D eigenvalue weighted by atomic mass is 16.5. The molecule has 1 aromatic carbocycles. The number of hydrogen-bond acceptors (Lipinski definition) is 4. The quantitative estimate of drug-likeness (QED) is 0.753. The van der Waals surface area contributed by atoms with Gasteiger partial charge in [0.2, 0.25) is 0 Å². The molecule has 0 unspecified atom stereocenters. The summed E-state index contributed by atoms with van der Waals surface area (Å²) >= 11 is 0. The first-order valence-corrected chi connectivity index (χ1v) is 6.40. The van der Waals surface area contributed by atoms with Gasteiger partial charge in [-0.3, -0.25) is 9.59 Å². The van der Waals surface area contributed by atoms with Gasteiger partial charge in [-0.2, -0.15) is 0 Å². The summed E-state index contributed by atoms with van der Waals surface area (Å²) in [6, 6.07) is 5.96. The summed E-state index contributed by atoms with van der Waals surface area (Å²) in [5.74, 6) is -0.308. The number of amides is 1. The van der Waals surface area contributed by atoms with Crippen LogP contribution in [0, 0.1) is 0 Å². The number of rotatable bonds is 8. The van der Waals surface area contributed by atoms with E-state index in [4.69, 9.17) is 14.6 Å². The third kappa shape index (κ3) is 5.60. The lowest BCUT2D eigenvalue weighted by atomic mass is 10.3. The molecular weight excluding hydrogens is 262 g/mol. The van der Waals surface area contributed by atoms with Crippen LogP contribution in [0.2, 0.25) is 0 Å². The van der Waals surface area contributed by atoms with E-state index in [1.807, 2.05) is 6.92 Å². The molecule has 0 saturated carbocycles. The van der Waals surface area contributed by atoms with Crippen LogP contribution in [0.1, 0.15) is 20.3 Å². The van der Waals surface area contributed by atoms with Gasteiger partial charge in [0.25, 0.3) is 5.91 Å². The topological polar surface area (TPSA) is 84.9 Å². The Balaban J connectivity index is 2.38. The highest BCUT2D eigenvalue weighted by Crippen LogP contribution is 2.17. The van der Waals surface area contributed by atoms with Crippen molar-refractivity contribution >= 4 is 11.9 Å². The van der Waals surface area contributed by atoms with Crippen LogP contribution in [0.15, 0.2) is 24.3 Å². The van der Waals surface area contributed by atoms with Gasteiger partial charge in [-0.05, 0) is 37.6 Å². The molecule has 0 aromatic heterocycles. The Morgan fingerprint density at radius 1 is 1.20 bits per heavy atom. The van der Waals surface area contributed by atoms with E-state index in [9.17, 15) is 9.59 Å². The Hall–Kier alpha value is -2.24. The van der Waals surface area contributed by atoms with E-state index in [0.29, 0.717) is 12.4 Å². The summed E-state index contributed by atoms with van der Waals surface area (Å²) in [6.07, 6.45) is 0.931. The van der Waals surface area contributed by atoms with Crippen LogP contribution in [0.5, 0.6) is 11.5 Å². The highest BCUT2D eigenvalue weighted by Gasteiger charge is 2.13. The Kier molecular flexibility index (Phi) is 6.36. The van der Waals surface area contributed by atoms with Crippen LogP contribution in [0.25, 0.3) is 0 Å². The first-order valence-electron chi connectivity index (χ1n) is 6.40. The van der Waals surface area contributed by atoms with Gasteiger partial charge >= 0.3 is 5.97 Å². The molecule has 0 spiro atoms. The molecule has 1 atom stereocenters. The van der Waals surface area contributed by atoms with Crippen LogP contribution >= 0.6 is 0 Å². The fourth-order valence-corrected chi connectivity index (χ4v) is 1.35. The van der Waals surface area contributed by atoms with E-state index in [2.05, 4.69) is 5.32 Å². The van der Waals surface area contributed by atoms with Gasteiger partial charge in [0.15, 0.2) is 6.61 Å². The predicted octanol–water partition coefficient (Wildman–Crippen LogP) is 1.44. The van der Waals surface area contributed by atoms with Crippen LogP contribution in [0.3, 0.4) is 0 Å². The van der Waals surface area contributed by atoms with Gasteiger partial charge in [-0.25, -0.2) is 0 Å². The number of carboxylic acids is 1. The number of aliphatic carboxylic acids is 1. The first-order chi connectivity index (χ1) is 9.52. The second-order valence-corrected chi connectivity index (χ2v) is 4.24. The van der Waals surface area contributed by atoms with Crippen molar-refractivity contribution < 1.29 is 24.2 Å². The third-order valence-electron chi connectivity index (χ3n) is 2.41. The highest BCUT2D eigenvalue weighted by molar-refractivity contribution is 5.84. The lowest BCUT2D eigenvalue weighted by Gasteiger charge is -2.10. The predicted molar refractivity (Wildman–Crippen MR) is 73.0 cm³/mol. The van der Waals surface area contributed by atoms with Crippen molar-refractivity contribution in [2.75, 3.05) is 13.2 Å². The zero-order chi connectivity index (χ0) is 15.0. The Morgan fingerprint density at radius 3 is 2.25 bits per heavy atom. The maximum absolute atomic E-state index is 11.4. The fourth-order valence-electron chi connectivity index (χ4n) is 1.35. The summed E-state index contributed by atoms with van der Waals surface area (Å²) in [6.45, 7) is 3.83. The largest absolute Gasteiger partial charge is 0.494 e. The zero-order valence-corrected chi connectivity index (χ0v) is 11.6. The van der Waals surface area contributed by atoms with Crippen molar-refractivity contribution in [1.82, 2.24) is 5.32 Å². The van der Waals surface area contributed by atoms with Crippen LogP contribution < -0.4 is 14.8 Å². The molecule has 6 nitrogen and oxygen atoms in total. The molecule has 0 heterocycles. The lowest BCUT2D eigenvalue weighted by molar-refractivity contribution is -0.141. The maximum atomic E-state index is 11.4. The number of benzene rings is 1. The molecule has 0 saturated heterocycles. The Bertz CT molecular complexity index is 443. The lowest BCUT2D eigenvalue weighted by Crippen LogP contribution is -2.40. The summed E-state index contributed by atoms with van der Waals surface area (Å²) < 4.78 is 10.7. The Labute approximate surface area is 117 Å². The minimum absolute atomic E-state index is 0.229. The normalized spacial score (nSPS) is 11.5. The zero-order valence-electron chi connectivity index (χ0n) is 11.6. The van der Waals surface area contributed by atoms with Crippen molar-refractivity contribution in [3.63, 3.8) is 0 Å². The number of carboxylic acid groups (broad SMARTS) is 1. The first kappa shape index (κ1) is 15.8. The van der Waals surface area contributed by atoms with Gasteiger partial charge in [0.1, 0.15) is 17.5 Å². The number of carbonyl (C=O) groups excluding carboxylic acids is 1. The van der Waals surface area contributed by atoms with Crippen molar-refractivity contribution in [3.8, 4) is 11.5 Å². The standard InChI is InChI=1S/C14H19NO5/c1-3-8-19-11-4-6-12(7-5-11)20-9-13(16)15-10(2)14(17)18/h4-7,10H,3,8-9H2,1-2H3,(H,15,16)(H,17,18)/t10-/m1/s1. The summed E-state index contributed by atoms with van der Waals surface area (Å²) in [5, 5.41) is 10.9. The number of nitrogens with one attached hydrogen (secondary N) is 1. The average Bonchev–Trinajstić information content (AvgIpc) is 2.43. The minimum atomic E-state index is -1.09. The molecule has 0 aliphatic heterocycles. The van der Waals surface area contributed by atoms with Gasteiger partial charge in [0, 0.05) is 0 Å². The van der Waals surface area contributed by atoms with Gasteiger partial charge in [-0.15, -0.1) is 0 Å². The third-order valence-corrected chi connectivity index (χ3v) is 2.41. The van der Waals surface area contributed by atoms with E-state index < -0.39 is 17.9 Å². The minimum Gasteiger partial charge on any atom is -0.494 e. The molecule has 0 fully saturated rings. The van der Waals surface area contributed by atoms with Crippen molar-refractivity contribution in [3.05, 3.63) is 24.3 Å². The molecule has 1 aromatic rings. The molecule has 110 valence electrons. The van der Waals surface area contributed by atoms with Gasteiger partial charge in [0.05, 0.1) is 6.61 Å². The molecule has 1 rings (SSSR count). The van der Waals surface area contributed by atoms with E-state index in [1.165, 1.54) is 6.92 Å². The van der Waals surface area contributed by atoms with Crippen LogP contribution in [0.4, 0.5) is 0 Å². The molecule has 20 heavy (non-hydrogen) atoms. The molecule has 0 bridgehead atoms. The average molecular weight is 281 g/mol. The number of hydrogen-bond donors (Lipinski definition) is 2. The SMILES string of the molecule is CCCOc1ccc(OCC(=O)N[C@H](C)C(=O)O)cc1. The molecule has 6 heteroatoms. The molecule has 2 N–H and O–H groups in total. The molecular formula is C14H19NO5. The van der Waals surface area contributed by atoms with E-state index >= 15 is 0 Å². The maximum Gasteiger partial charge on any atom is 0.325 e. The molecule has 0 aliphatic carbocycles. The second-order valence-electron chi connectivity index (χ2n) is 4.24. The summed E-state index contributed by atoms with van der Waals surface area (Å²) in [4.78, 5) is 22.0. The summed E-state index contributed by atoms with van der Waals surface area (Å²) in [5.41, 5.74) is 0. The van der Waals surface area contributed by atoms with E-state index in [0.717, 1.165) is 12.2 Å².